The number of carbonyl (C=O) groups is 1. The Kier molecular flexibility index (Phi) is 4.23. The molecule has 22 heavy (non-hydrogen) atoms. The molecule has 1 aliphatic rings. The molecule has 2 atom stereocenters. The summed E-state index contributed by atoms with van der Waals surface area (Å²) >= 11 is 0. The molecule has 1 heterocycles. The van der Waals surface area contributed by atoms with Crippen LogP contribution >= 0.6 is 0 Å². The lowest BCUT2D eigenvalue weighted by Gasteiger charge is -2.59. The van der Waals surface area contributed by atoms with Gasteiger partial charge in [-0.3, -0.25) is 19.6 Å². The molecule has 1 aliphatic carbocycles. The average Bonchev–Trinajstić information content (AvgIpc) is 2.93. The van der Waals surface area contributed by atoms with Gasteiger partial charge in [0.15, 0.2) is 0 Å². The number of aryl methyl sites for hydroxylation is 1. The molecule has 1 aromatic rings. The second kappa shape index (κ2) is 5.68. The third-order valence-corrected chi connectivity index (χ3v) is 5.01. The van der Waals surface area contributed by atoms with Crippen LogP contribution in [0.25, 0.3) is 0 Å². The molecule has 1 saturated carbocycles. The molecule has 1 fully saturated rings. The molecule has 8 nitrogen and oxygen atoms in total. The first-order chi connectivity index (χ1) is 10.2. The first kappa shape index (κ1) is 16.4. The second-order valence-corrected chi connectivity index (χ2v) is 6.45. The zero-order valence-electron chi connectivity index (χ0n) is 13.3. The van der Waals surface area contributed by atoms with Crippen LogP contribution in [-0.4, -0.2) is 39.4 Å². The molecule has 0 radical (unpaired) electrons. The van der Waals surface area contributed by atoms with Crippen molar-refractivity contribution in [3.63, 3.8) is 0 Å². The van der Waals surface area contributed by atoms with Crippen LogP contribution in [0.1, 0.15) is 33.6 Å². The monoisotopic (exact) mass is 310 g/mol. The molecule has 1 amide bonds. The maximum absolute atomic E-state index is 12.0. The molecule has 1 aromatic heterocycles. The standard InChI is InChI=1S/C14H22N4O4/c1-13(2)11(7-14(13,3)22-4)16-12(19)5-6-17-9-10(8-15-17)18(20)21/h8-9,11H,5-7H2,1-4H3,(H,16,19)/t11-,14-/m1/s1. The molecule has 122 valence electrons. The topological polar surface area (TPSA) is 99.3 Å². The zero-order chi connectivity index (χ0) is 16.5. The predicted molar refractivity (Wildman–Crippen MR) is 79.2 cm³/mol. The zero-order valence-corrected chi connectivity index (χ0v) is 13.3. The summed E-state index contributed by atoms with van der Waals surface area (Å²) < 4.78 is 6.93. The Morgan fingerprint density at radius 3 is 2.77 bits per heavy atom. The van der Waals surface area contributed by atoms with Crippen molar-refractivity contribution >= 4 is 11.6 Å². The van der Waals surface area contributed by atoms with Gasteiger partial charge in [0.05, 0.1) is 10.5 Å². The maximum Gasteiger partial charge on any atom is 0.306 e. The van der Waals surface area contributed by atoms with Gasteiger partial charge in [0.25, 0.3) is 0 Å². The maximum atomic E-state index is 12.0. The van der Waals surface area contributed by atoms with Crippen LogP contribution in [0.2, 0.25) is 0 Å². The van der Waals surface area contributed by atoms with Gasteiger partial charge in [0.1, 0.15) is 12.4 Å². The summed E-state index contributed by atoms with van der Waals surface area (Å²) in [5, 5.41) is 17.4. The highest BCUT2D eigenvalue weighted by Crippen LogP contribution is 2.51. The number of hydrogen-bond acceptors (Lipinski definition) is 5. The number of amides is 1. The van der Waals surface area contributed by atoms with E-state index in [4.69, 9.17) is 4.74 Å². The van der Waals surface area contributed by atoms with E-state index in [1.807, 2.05) is 6.92 Å². The molecule has 0 aliphatic heterocycles. The molecule has 0 unspecified atom stereocenters. The van der Waals surface area contributed by atoms with E-state index in [0.29, 0.717) is 6.54 Å². The van der Waals surface area contributed by atoms with Gasteiger partial charge >= 0.3 is 5.69 Å². The highest BCUT2D eigenvalue weighted by Gasteiger charge is 2.58. The lowest BCUT2D eigenvalue weighted by molar-refractivity contribution is -0.385. The number of nitrogens with one attached hydrogen (secondary N) is 1. The molecule has 0 aromatic carbocycles. The Morgan fingerprint density at radius 1 is 1.59 bits per heavy atom. The fourth-order valence-electron chi connectivity index (χ4n) is 2.77. The summed E-state index contributed by atoms with van der Waals surface area (Å²) in [6.07, 6.45) is 3.50. The predicted octanol–water partition coefficient (Wildman–Crippen LogP) is 1.50. The van der Waals surface area contributed by atoms with E-state index >= 15 is 0 Å². The molecule has 0 saturated heterocycles. The molecular weight excluding hydrogens is 288 g/mol. The number of aromatic nitrogens is 2. The fraction of sp³-hybridized carbons (Fsp3) is 0.714. The highest BCUT2D eigenvalue weighted by atomic mass is 16.6. The summed E-state index contributed by atoms with van der Waals surface area (Å²) in [5.41, 5.74) is -0.438. The van der Waals surface area contributed by atoms with Gasteiger partial charge in [-0.1, -0.05) is 13.8 Å². The van der Waals surface area contributed by atoms with Crippen molar-refractivity contribution in [2.75, 3.05) is 7.11 Å². The van der Waals surface area contributed by atoms with Crippen LogP contribution in [0.3, 0.4) is 0 Å². The Labute approximate surface area is 129 Å². The minimum Gasteiger partial charge on any atom is -0.378 e. The molecule has 0 spiro atoms. The third kappa shape index (κ3) is 2.83. The van der Waals surface area contributed by atoms with E-state index in [-0.39, 0.29) is 35.1 Å². The van der Waals surface area contributed by atoms with Gasteiger partial charge in [-0.05, 0) is 13.3 Å². The van der Waals surface area contributed by atoms with Crippen LogP contribution < -0.4 is 5.32 Å². The number of ether oxygens (including phenoxy) is 1. The molecule has 0 bridgehead atoms. The highest BCUT2D eigenvalue weighted by molar-refractivity contribution is 5.76. The quantitative estimate of drug-likeness (QED) is 0.634. The van der Waals surface area contributed by atoms with E-state index in [0.717, 1.165) is 6.42 Å². The van der Waals surface area contributed by atoms with Crippen molar-refractivity contribution in [2.24, 2.45) is 5.41 Å². The van der Waals surface area contributed by atoms with Crippen molar-refractivity contribution in [2.45, 2.75) is 51.8 Å². The lowest BCUT2D eigenvalue weighted by atomic mass is 9.56. The SMILES string of the molecule is CO[C@]1(C)C[C@@H](NC(=O)CCn2cc([N+](=O)[O-])cn2)C1(C)C. The first-order valence-electron chi connectivity index (χ1n) is 7.21. The number of hydrogen-bond donors (Lipinski definition) is 1. The van der Waals surface area contributed by atoms with E-state index < -0.39 is 4.92 Å². The van der Waals surface area contributed by atoms with Gasteiger partial charge in [-0.25, -0.2) is 0 Å². The summed E-state index contributed by atoms with van der Waals surface area (Å²) in [4.78, 5) is 22.1. The van der Waals surface area contributed by atoms with Crippen molar-refractivity contribution in [3.05, 3.63) is 22.5 Å². The summed E-state index contributed by atoms with van der Waals surface area (Å²) in [5.74, 6) is -0.0885. The van der Waals surface area contributed by atoms with Crippen molar-refractivity contribution in [1.29, 1.82) is 0 Å². The van der Waals surface area contributed by atoms with E-state index in [1.165, 1.54) is 17.1 Å². The Balaban J connectivity index is 1.83. The number of nitro groups is 1. The number of methoxy groups -OCH3 is 1. The van der Waals surface area contributed by atoms with Gasteiger partial charge in [-0.2, -0.15) is 5.10 Å². The molecule has 8 heteroatoms. The van der Waals surface area contributed by atoms with E-state index in [9.17, 15) is 14.9 Å². The minimum atomic E-state index is -0.508. The fourth-order valence-corrected chi connectivity index (χ4v) is 2.77. The van der Waals surface area contributed by atoms with Gasteiger partial charge in [0, 0.05) is 31.5 Å². The van der Waals surface area contributed by atoms with Crippen molar-refractivity contribution in [1.82, 2.24) is 15.1 Å². The van der Waals surface area contributed by atoms with Crippen LogP contribution in [-0.2, 0) is 16.1 Å². The van der Waals surface area contributed by atoms with Crippen LogP contribution in [0.5, 0.6) is 0 Å². The Morgan fingerprint density at radius 2 is 2.27 bits per heavy atom. The van der Waals surface area contributed by atoms with Crippen LogP contribution in [0.15, 0.2) is 12.4 Å². The van der Waals surface area contributed by atoms with Crippen LogP contribution in [0, 0.1) is 15.5 Å². The normalized spacial score (nSPS) is 26.3. The molecule has 1 N–H and O–H groups in total. The van der Waals surface area contributed by atoms with E-state index in [1.54, 1.807) is 7.11 Å². The smallest absolute Gasteiger partial charge is 0.306 e. The minimum absolute atomic E-state index is 0.0666. The summed E-state index contributed by atoms with van der Waals surface area (Å²) in [7, 11) is 1.68. The summed E-state index contributed by atoms with van der Waals surface area (Å²) in [6.45, 7) is 6.50. The second-order valence-electron chi connectivity index (χ2n) is 6.45. The largest absolute Gasteiger partial charge is 0.378 e. The van der Waals surface area contributed by atoms with Gasteiger partial charge in [0.2, 0.25) is 5.91 Å². The van der Waals surface area contributed by atoms with Gasteiger partial charge < -0.3 is 10.1 Å². The lowest BCUT2D eigenvalue weighted by Crippen LogP contribution is -2.68. The van der Waals surface area contributed by atoms with Crippen molar-refractivity contribution < 1.29 is 14.5 Å². The number of carbonyl (C=O) groups excluding carboxylic acids is 1. The number of nitrogens with zero attached hydrogens (tertiary/aromatic N) is 3. The first-order valence-corrected chi connectivity index (χ1v) is 7.21. The van der Waals surface area contributed by atoms with Crippen molar-refractivity contribution in [3.8, 4) is 0 Å². The third-order valence-electron chi connectivity index (χ3n) is 5.01. The van der Waals surface area contributed by atoms with Gasteiger partial charge in [-0.15, -0.1) is 0 Å². The number of rotatable bonds is 6. The molecule has 2 rings (SSSR count). The average molecular weight is 310 g/mol. The Hall–Kier alpha value is -1.96. The molecular formula is C14H22N4O4. The van der Waals surface area contributed by atoms with E-state index in [2.05, 4.69) is 24.3 Å². The summed E-state index contributed by atoms with van der Waals surface area (Å²) in [6, 6.07) is 0.0666. The van der Waals surface area contributed by atoms with Crippen LogP contribution in [0.4, 0.5) is 5.69 Å². The Bertz CT molecular complexity index is 583.